The summed E-state index contributed by atoms with van der Waals surface area (Å²) in [4.78, 5) is 23.8. The van der Waals surface area contributed by atoms with Crippen LogP contribution < -0.4 is 10.1 Å². The number of amides is 1. The van der Waals surface area contributed by atoms with Crippen LogP contribution in [0, 0.1) is 5.92 Å². The Hall–Kier alpha value is -1.56. The number of aryl methyl sites for hydroxylation is 1. The van der Waals surface area contributed by atoms with Crippen LogP contribution in [0.25, 0.3) is 0 Å². The highest BCUT2D eigenvalue weighted by Crippen LogP contribution is 2.30. The van der Waals surface area contributed by atoms with Crippen molar-refractivity contribution >= 4 is 23.2 Å². The van der Waals surface area contributed by atoms with Gasteiger partial charge in [0, 0.05) is 11.4 Å². The van der Waals surface area contributed by atoms with Crippen molar-refractivity contribution in [2.24, 2.45) is 5.92 Å². The van der Waals surface area contributed by atoms with Gasteiger partial charge >= 0.3 is 5.97 Å². The van der Waals surface area contributed by atoms with E-state index in [9.17, 15) is 9.59 Å². The van der Waals surface area contributed by atoms with E-state index in [1.54, 1.807) is 6.07 Å². The lowest BCUT2D eigenvalue weighted by molar-refractivity contribution is -0.123. The van der Waals surface area contributed by atoms with Crippen LogP contribution in [0.2, 0.25) is 0 Å². The van der Waals surface area contributed by atoms with Crippen LogP contribution in [0.5, 0.6) is 5.75 Å². The molecule has 0 unspecified atom stereocenters. The fourth-order valence-corrected chi connectivity index (χ4v) is 2.60. The minimum atomic E-state index is -1.02. The first-order valence-electron chi connectivity index (χ1n) is 6.69. The topological polar surface area (TPSA) is 75.6 Å². The number of hydrogen-bond acceptors (Lipinski definition) is 4. The summed E-state index contributed by atoms with van der Waals surface area (Å²) in [7, 11) is 0. The largest absolute Gasteiger partial charge is 0.482 e. The average molecular weight is 299 g/mol. The Morgan fingerprint density at radius 1 is 1.45 bits per heavy atom. The van der Waals surface area contributed by atoms with Crippen molar-refractivity contribution in [3.8, 4) is 5.75 Å². The maximum Gasteiger partial charge on any atom is 0.349 e. The zero-order valence-corrected chi connectivity index (χ0v) is 12.9. The number of ether oxygens (including phenoxy) is 1. The highest BCUT2D eigenvalue weighted by Gasteiger charge is 2.17. The number of aromatic carboxylic acids is 1. The van der Waals surface area contributed by atoms with Gasteiger partial charge in [0.05, 0.1) is 0 Å². The molecule has 0 aliphatic rings. The van der Waals surface area contributed by atoms with E-state index in [2.05, 4.69) is 5.32 Å². The molecule has 0 fully saturated rings. The fraction of sp³-hybridized carbons (Fsp3) is 0.571. The van der Waals surface area contributed by atoms with Crippen molar-refractivity contribution in [3.05, 3.63) is 15.8 Å². The average Bonchev–Trinajstić information content (AvgIpc) is 2.77. The SMILES string of the molecule is CCCc1cc(OCC(=O)NCC(C)C)c(C(=O)O)s1. The summed E-state index contributed by atoms with van der Waals surface area (Å²) in [5, 5.41) is 11.8. The van der Waals surface area contributed by atoms with Crippen molar-refractivity contribution in [3.63, 3.8) is 0 Å². The van der Waals surface area contributed by atoms with Gasteiger partial charge in [0.2, 0.25) is 0 Å². The predicted octanol–water partition coefficient (Wildman–Crippen LogP) is 2.55. The maximum absolute atomic E-state index is 11.6. The summed E-state index contributed by atoms with van der Waals surface area (Å²) in [5.74, 6) is -0.607. The zero-order valence-electron chi connectivity index (χ0n) is 12.1. The molecule has 1 heterocycles. The van der Waals surface area contributed by atoms with Gasteiger partial charge in [-0.15, -0.1) is 11.3 Å². The molecule has 5 nitrogen and oxygen atoms in total. The number of rotatable bonds is 8. The lowest BCUT2D eigenvalue weighted by Gasteiger charge is -2.08. The van der Waals surface area contributed by atoms with Crippen molar-refractivity contribution in [2.45, 2.75) is 33.6 Å². The van der Waals surface area contributed by atoms with E-state index in [0.29, 0.717) is 12.5 Å². The molecule has 0 aliphatic heterocycles. The second-order valence-corrected chi connectivity index (χ2v) is 6.08. The molecule has 112 valence electrons. The standard InChI is InChI=1S/C14H21NO4S/c1-4-5-10-6-11(13(20-10)14(17)18)19-8-12(16)15-7-9(2)3/h6,9H,4-5,7-8H2,1-3H3,(H,15,16)(H,17,18). The molecule has 0 saturated heterocycles. The Labute approximate surface area is 123 Å². The number of nitrogens with one attached hydrogen (secondary N) is 1. The third kappa shape index (κ3) is 5.21. The van der Waals surface area contributed by atoms with Gasteiger partial charge in [0.1, 0.15) is 5.75 Å². The van der Waals surface area contributed by atoms with Crippen molar-refractivity contribution in [1.29, 1.82) is 0 Å². The van der Waals surface area contributed by atoms with Crippen molar-refractivity contribution in [1.82, 2.24) is 5.32 Å². The molecule has 0 radical (unpaired) electrons. The molecule has 0 bridgehead atoms. The molecule has 0 aromatic carbocycles. The van der Waals surface area contributed by atoms with Gasteiger partial charge in [0.15, 0.2) is 11.5 Å². The van der Waals surface area contributed by atoms with Gasteiger partial charge in [-0.2, -0.15) is 0 Å². The fourth-order valence-electron chi connectivity index (χ4n) is 1.56. The van der Waals surface area contributed by atoms with Gasteiger partial charge in [-0.1, -0.05) is 27.2 Å². The molecule has 0 atom stereocenters. The molecular weight excluding hydrogens is 278 g/mol. The number of hydrogen-bond donors (Lipinski definition) is 2. The first kappa shape index (κ1) is 16.5. The Bertz CT molecular complexity index is 468. The van der Waals surface area contributed by atoms with Gasteiger partial charge in [-0.25, -0.2) is 4.79 Å². The Balaban J connectivity index is 2.62. The summed E-state index contributed by atoms with van der Waals surface area (Å²) in [5.41, 5.74) is 0. The lowest BCUT2D eigenvalue weighted by Crippen LogP contribution is -2.31. The summed E-state index contributed by atoms with van der Waals surface area (Å²) < 4.78 is 5.34. The molecule has 20 heavy (non-hydrogen) atoms. The van der Waals surface area contributed by atoms with Gasteiger partial charge in [0.25, 0.3) is 5.91 Å². The van der Waals surface area contributed by atoms with Gasteiger partial charge in [-0.3, -0.25) is 4.79 Å². The molecular formula is C14H21NO4S. The zero-order chi connectivity index (χ0) is 15.1. The van der Waals surface area contributed by atoms with Crippen LogP contribution >= 0.6 is 11.3 Å². The van der Waals surface area contributed by atoms with Crippen LogP contribution in [0.1, 0.15) is 41.7 Å². The minimum absolute atomic E-state index is 0.157. The van der Waals surface area contributed by atoms with Crippen molar-refractivity contribution < 1.29 is 19.4 Å². The maximum atomic E-state index is 11.6. The van der Waals surface area contributed by atoms with Crippen LogP contribution in [0.15, 0.2) is 6.07 Å². The quantitative estimate of drug-likeness (QED) is 0.773. The van der Waals surface area contributed by atoms with E-state index < -0.39 is 5.97 Å². The van der Waals surface area contributed by atoms with Crippen LogP contribution in [0.3, 0.4) is 0 Å². The molecule has 0 aliphatic carbocycles. The van der Waals surface area contributed by atoms with Crippen molar-refractivity contribution in [2.75, 3.05) is 13.2 Å². The second kappa shape index (κ2) is 7.89. The summed E-state index contributed by atoms with van der Waals surface area (Å²) in [6, 6.07) is 1.72. The van der Waals surface area contributed by atoms with Gasteiger partial charge in [-0.05, 0) is 18.4 Å². The summed E-state index contributed by atoms with van der Waals surface area (Å²) >= 11 is 1.21. The monoisotopic (exact) mass is 299 g/mol. The number of carbonyl (C=O) groups is 2. The molecule has 0 saturated carbocycles. The molecule has 6 heteroatoms. The molecule has 0 spiro atoms. The summed E-state index contributed by atoms with van der Waals surface area (Å²) in [6.07, 6.45) is 1.75. The summed E-state index contributed by atoms with van der Waals surface area (Å²) in [6.45, 7) is 6.45. The number of carboxylic acid groups (broad SMARTS) is 1. The highest BCUT2D eigenvalue weighted by molar-refractivity contribution is 7.14. The van der Waals surface area contributed by atoms with Crippen LogP contribution in [0.4, 0.5) is 0 Å². The van der Waals surface area contributed by atoms with Gasteiger partial charge < -0.3 is 15.2 Å². The second-order valence-electron chi connectivity index (χ2n) is 4.95. The number of thiophene rings is 1. The Morgan fingerprint density at radius 3 is 2.70 bits per heavy atom. The predicted molar refractivity (Wildman–Crippen MR) is 78.6 cm³/mol. The molecule has 1 amide bonds. The van der Waals surface area contributed by atoms with E-state index in [1.165, 1.54) is 11.3 Å². The minimum Gasteiger partial charge on any atom is -0.482 e. The smallest absolute Gasteiger partial charge is 0.349 e. The molecule has 1 aromatic rings. The van der Waals surface area contributed by atoms with E-state index in [0.717, 1.165) is 17.7 Å². The Kier molecular flexibility index (Phi) is 6.51. The normalized spacial score (nSPS) is 10.6. The number of carboxylic acids is 1. The third-order valence-electron chi connectivity index (χ3n) is 2.51. The Morgan fingerprint density at radius 2 is 2.15 bits per heavy atom. The third-order valence-corrected chi connectivity index (χ3v) is 3.67. The molecule has 2 N–H and O–H groups in total. The van der Waals surface area contributed by atoms with E-state index in [1.807, 2.05) is 20.8 Å². The highest BCUT2D eigenvalue weighted by atomic mass is 32.1. The van der Waals surface area contributed by atoms with Crippen LogP contribution in [-0.2, 0) is 11.2 Å². The number of carbonyl (C=O) groups excluding carboxylic acids is 1. The first-order chi connectivity index (χ1) is 9.43. The molecule has 1 aromatic heterocycles. The van der Waals surface area contributed by atoms with E-state index >= 15 is 0 Å². The molecule has 1 rings (SSSR count). The first-order valence-corrected chi connectivity index (χ1v) is 7.51. The van der Waals surface area contributed by atoms with E-state index in [-0.39, 0.29) is 23.1 Å². The van der Waals surface area contributed by atoms with E-state index in [4.69, 9.17) is 9.84 Å². The van der Waals surface area contributed by atoms with Crippen LogP contribution in [-0.4, -0.2) is 30.1 Å². The lowest BCUT2D eigenvalue weighted by atomic mass is 10.2.